The predicted molar refractivity (Wildman–Crippen MR) is 86.0 cm³/mol. The molecule has 0 aromatic carbocycles. The van der Waals surface area contributed by atoms with E-state index in [0.29, 0.717) is 31.1 Å². The van der Waals surface area contributed by atoms with E-state index in [1.54, 1.807) is 11.7 Å². The molecule has 0 atom stereocenters. The zero-order valence-electron chi connectivity index (χ0n) is 13.8. The molecule has 1 rings (SSSR count). The molecule has 0 aliphatic heterocycles. The van der Waals surface area contributed by atoms with E-state index in [2.05, 4.69) is 18.7 Å². The molecule has 6 nitrogen and oxygen atoms in total. The van der Waals surface area contributed by atoms with E-state index in [4.69, 9.17) is 4.74 Å². The average Bonchev–Trinajstić information content (AvgIpc) is 2.53. The van der Waals surface area contributed by atoms with Crippen molar-refractivity contribution < 1.29 is 14.9 Å². The van der Waals surface area contributed by atoms with Crippen molar-refractivity contribution in [3.63, 3.8) is 0 Å². The van der Waals surface area contributed by atoms with Crippen LogP contribution < -0.4 is 5.43 Å². The van der Waals surface area contributed by atoms with Crippen molar-refractivity contribution in [2.45, 2.75) is 46.4 Å². The monoisotopic (exact) mass is 312 g/mol. The van der Waals surface area contributed by atoms with Crippen LogP contribution in [0.3, 0.4) is 0 Å². The van der Waals surface area contributed by atoms with Crippen molar-refractivity contribution in [1.82, 2.24) is 9.47 Å². The lowest BCUT2D eigenvalue weighted by Crippen LogP contribution is -2.29. The van der Waals surface area contributed by atoms with Crippen LogP contribution in [0.15, 0.2) is 10.9 Å². The molecule has 22 heavy (non-hydrogen) atoms. The number of aliphatic hydroxyl groups excluding tert-OH is 1. The normalized spacial score (nSPS) is 11.3. The van der Waals surface area contributed by atoms with Gasteiger partial charge in [0, 0.05) is 32.0 Å². The first kappa shape index (κ1) is 18.7. The van der Waals surface area contributed by atoms with Gasteiger partial charge in [0.2, 0.25) is 5.43 Å². The van der Waals surface area contributed by atoms with Gasteiger partial charge in [0.25, 0.3) is 0 Å². The molecule has 126 valence electrons. The van der Waals surface area contributed by atoms with Crippen LogP contribution in [0.2, 0.25) is 0 Å². The number of ether oxygens (including phenoxy) is 1. The minimum absolute atomic E-state index is 0.233. The van der Waals surface area contributed by atoms with Gasteiger partial charge in [-0.15, -0.1) is 0 Å². The summed E-state index contributed by atoms with van der Waals surface area (Å²) in [4.78, 5) is 14.1. The third-order valence-corrected chi connectivity index (χ3v) is 3.81. The molecular weight excluding hydrogens is 284 g/mol. The van der Waals surface area contributed by atoms with Crippen molar-refractivity contribution >= 4 is 0 Å². The second-order valence-electron chi connectivity index (χ2n) is 5.32. The standard InChI is InChI=1S/C16H28N2O4/c1-4-6-7-17(5-2)11-14-16(21)15(20)10-13(12-19)18(14)8-9-22-3/h10,19,21H,4-9,11-12H2,1-3H3. The van der Waals surface area contributed by atoms with E-state index in [1.165, 1.54) is 6.07 Å². The smallest absolute Gasteiger partial charge is 0.223 e. The van der Waals surface area contributed by atoms with Gasteiger partial charge < -0.3 is 19.5 Å². The fraction of sp³-hybridized carbons (Fsp3) is 0.688. The van der Waals surface area contributed by atoms with Crippen molar-refractivity contribution in [3.05, 3.63) is 27.7 Å². The molecule has 0 unspecified atom stereocenters. The minimum Gasteiger partial charge on any atom is -0.503 e. The third-order valence-electron chi connectivity index (χ3n) is 3.81. The average molecular weight is 312 g/mol. The number of aromatic hydroxyl groups is 1. The highest BCUT2D eigenvalue weighted by atomic mass is 16.5. The first-order chi connectivity index (χ1) is 10.6. The molecule has 0 bridgehead atoms. The molecule has 6 heteroatoms. The molecule has 0 fully saturated rings. The summed E-state index contributed by atoms with van der Waals surface area (Å²) < 4.78 is 6.88. The summed E-state index contributed by atoms with van der Waals surface area (Å²) in [6.07, 6.45) is 2.16. The molecule has 0 amide bonds. The molecule has 0 saturated carbocycles. The maximum atomic E-state index is 11.9. The quantitative estimate of drug-likeness (QED) is 0.681. The highest BCUT2D eigenvalue weighted by molar-refractivity contribution is 5.30. The van der Waals surface area contributed by atoms with Crippen LogP contribution >= 0.6 is 0 Å². The first-order valence-electron chi connectivity index (χ1n) is 7.85. The van der Waals surface area contributed by atoms with Crippen molar-refractivity contribution in [3.8, 4) is 5.75 Å². The number of hydrogen-bond donors (Lipinski definition) is 2. The SMILES string of the molecule is CCCCN(CC)Cc1c(O)c(=O)cc(CO)n1CCOC. The Balaban J connectivity index is 3.17. The highest BCUT2D eigenvalue weighted by Crippen LogP contribution is 2.18. The number of aliphatic hydroxyl groups is 1. The third kappa shape index (κ3) is 4.83. The Morgan fingerprint density at radius 3 is 2.64 bits per heavy atom. The number of rotatable bonds is 10. The second kappa shape index (κ2) is 9.61. The van der Waals surface area contributed by atoms with Gasteiger partial charge in [-0.2, -0.15) is 0 Å². The zero-order chi connectivity index (χ0) is 16.5. The lowest BCUT2D eigenvalue weighted by molar-refractivity contribution is 0.177. The Hall–Kier alpha value is -1.37. The summed E-state index contributed by atoms with van der Waals surface area (Å²) in [6, 6.07) is 1.29. The lowest BCUT2D eigenvalue weighted by atomic mass is 10.2. The van der Waals surface area contributed by atoms with Gasteiger partial charge in [-0.05, 0) is 19.5 Å². The number of aromatic nitrogens is 1. The van der Waals surface area contributed by atoms with E-state index in [-0.39, 0.29) is 12.4 Å². The van der Waals surface area contributed by atoms with Gasteiger partial charge in [-0.1, -0.05) is 20.3 Å². The number of pyridine rings is 1. The maximum Gasteiger partial charge on any atom is 0.223 e. The molecule has 0 spiro atoms. The Morgan fingerprint density at radius 1 is 1.36 bits per heavy atom. The van der Waals surface area contributed by atoms with Crippen LogP contribution in [0.5, 0.6) is 5.75 Å². The fourth-order valence-electron chi connectivity index (χ4n) is 2.44. The molecule has 1 aromatic heterocycles. The van der Waals surface area contributed by atoms with Crippen molar-refractivity contribution in [2.75, 3.05) is 26.8 Å². The van der Waals surface area contributed by atoms with Gasteiger partial charge in [-0.3, -0.25) is 9.69 Å². The fourth-order valence-corrected chi connectivity index (χ4v) is 2.44. The van der Waals surface area contributed by atoms with E-state index < -0.39 is 5.43 Å². The number of methoxy groups -OCH3 is 1. The Bertz CT molecular complexity index is 514. The zero-order valence-corrected chi connectivity index (χ0v) is 13.8. The van der Waals surface area contributed by atoms with E-state index in [9.17, 15) is 15.0 Å². The summed E-state index contributed by atoms with van der Waals surface area (Å²) in [7, 11) is 1.60. The maximum absolute atomic E-state index is 11.9. The van der Waals surface area contributed by atoms with Gasteiger partial charge in [0.05, 0.1) is 18.9 Å². The lowest BCUT2D eigenvalue weighted by Gasteiger charge is -2.25. The predicted octanol–water partition coefficient (Wildman–Crippen LogP) is 1.31. The summed E-state index contributed by atoms with van der Waals surface area (Å²) in [5, 5.41) is 19.7. The van der Waals surface area contributed by atoms with E-state index >= 15 is 0 Å². The summed E-state index contributed by atoms with van der Waals surface area (Å²) in [6.45, 7) is 7.11. The van der Waals surface area contributed by atoms with Gasteiger partial charge in [-0.25, -0.2) is 0 Å². The molecule has 1 aromatic rings. The highest BCUT2D eigenvalue weighted by Gasteiger charge is 2.17. The van der Waals surface area contributed by atoms with Crippen molar-refractivity contribution in [1.29, 1.82) is 0 Å². The van der Waals surface area contributed by atoms with Crippen LogP contribution in [-0.4, -0.2) is 46.5 Å². The van der Waals surface area contributed by atoms with Crippen molar-refractivity contribution in [2.24, 2.45) is 0 Å². The largest absolute Gasteiger partial charge is 0.503 e. The molecular formula is C16H28N2O4. The molecule has 0 aliphatic carbocycles. The van der Waals surface area contributed by atoms with Gasteiger partial charge in [0.15, 0.2) is 5.75 Å². The second-order valence-corrected chi connectivity index (χ2v) is 5.32. The number of nitrogens with zero attached hydrogens (tertiary/aromatic N) is 2. The Labute approximate surface area is 131 Å². The van der Waals surface area contributed by atoms with Crippen LogP contribution in [0.1, 0.15) is 38.1 Å². The molecule has 0 aliphatic rings. The topological polar surface area (TPSA) is 74.9 Å². The van der Waals surface area contributed by atoms with E-state index in [0.717, 1.165) is 25.9 Å². The molecule has 0 saturated heterocycles. The summed E-state index contributed by atoms with van der Waals surface area (Å²) in [5.41, 5.74) is 0.604. The van der Waals surface area contributed by atoms with Crippen LogP contribution in [0.25, 0.3) is 0 Å². The van der Waals surface area contributed by atoms with Crippen LogP contribution in [0.4, 0.5) is 0 Å². The van der Waals surface area contributed by atoms with Crippen LogP contribution in [0, 0.1) is 0 Å². The van der Waals surface area contributed by atoms with Gasteiger partial charge >= 0.3 is 0 Å². The Morgan fingerprint density at radius 2 is 2.09 bits per heavy atom. The Kier molecular flexibility index (Phi) is 8.16. The van der Waals surface area contributed by atoms with E-state index in [1.807, 2.05) is 0 Å². The molecule has 0 radical (unpaired) electrons. The first-order valence-corrected chi connectivity index (χ1v) is 7.85. The number of hydrogen-bond acceptors (Lipinski definition) is 5. The summed E-state index contributed by atoms with van der Waals surface area (Å²) in [5.74, 6) is -0.233. The van der Waals surface area contributed by atoms with Gasteiger partial charge in [0.1, 0.15) is 0 Å². The number of unbranched alkanes of at least 4 members (excludes halogenated alkanes) is 1. The molecule has 1 heterocycles. The van der Waals surface area contributed by atoms with Crippen LogP contribution in [-0.2, 0) is 24.4 Å². The minimum atomic E-state index is -0.445. The summed E-state index contributed by atoms with van der Waals surface area (Å²) >= 11 is 0. The molecule has 2 N–H and O–H groups in total.